The first kappa shape index (κ1) is 14.8. The third-order valence-electron chi connectivity index (χ3n) is 4.26. The summed E-state index contributed by atoms with van der Waals surface area (Å²) in [5.41, 5.74) is 0.241. The molecule has 6 heteroatoms. The maximum atomic E-state index is 12.6. The van der Waals surface area contributed by atoms with Gasteiger partial charge in [-0.1, -0.05) is 20.8 Å². The lowest BCUT2D eigenvalue weighted by Crippen LogP contribution is -2.60. The van der Waals surface area contributed by atoms with Crippen molar-refractivity contribution in [1.82, 2.24) is 15.5 Å². The van der Waals surface area contributed by atoms with Gasteiger partial charge in [0.2, 0.25) is 11.8 Å². The Bertz CT molecular complexity index is 417. The van der Waals surface area contributed by atoms with Crippen LogP contribution in [0.3, 0.4) is 0 Å². The van der Waals surface area contributed by atoms with Crippen LogP contribution in [0.4, 0.5) is 4.79 Å². The van der Waals surface area contributed by atoms with Gasteiger partial charge in [0.05, 0.1) is 6.42 Å². The van der Waals surface area contributed by atoms with Gasteiger partial charge in [-0.05, 0) is 24.7 Å². The van der Waals surface area contributed by atoms with Crippen LogP contribution in [0.25, 0.3) is 0 Å². The van der Waals surface area contributed by atoms with Crippen molar-refractivity contribution in [2.24, 2.45) is 5.41 Å². The average Bonchev–Trinajstić information content (AvgIpc) is 2.35. The fraction of sp³-hybridized carbons (Fsp3) is 0.786. The van der Waals surface area contributed by atoms with Gasteiger partial charge in [-0.3, -0.25) is 14.9 Å². The van der Waals surface area contributed by atoms with Crippen LogP contribution in [0.5, 0.6) is 0 Å². The van der Waals surface area contributed by atoms with Crippen LogP contribution in [0.15, 0.2) is 0 Å². The maximum absolute atomic E-state index is 12.6. The zero-order valence-corrected chi connectivity index (χ0v) is 12.4. The predicted molar refractivity (Wildman–Crippen MR) is 73.9 cm³/mol. The molecule has 0 bridgehead atoms. The second-order valence-electron chi connectivity index (χ2n) is 6.49. The molecule has 0 aromatic carbocycles. The number of nitrogens with one attached hydrogen (secondary N) is 2. The summed E-state index contributed by atoms with van der Waals surface area (Å²) in [4.78, 5) is 37.1. The number of urea groups is 1. The number of carbonyl (C=O) groups excluding carboxylic acids is 3. The summed E-state index contributed by atoms with van der Waals surface area (Å²) < 4.78 is 0. The largest absolute Gasteiger partial charge is 0.338 e. The SMILES string of the molecule is CCC1CC(C)(C)CCN1C(=O)C1CC(=O)NC(=O)N1. The first-order valence-electron chi connectivity index (χ1n) is 7.23. The second-order valence-corrected chi connectivity index (χ2v) is 6.49. The molecule has 6 nitrogen and oxygen atoms in total. The van der Waals surface area contributed by atoms with Crippen molar-refractivity contribution in [1.29, 1.82) is 0 Å². The molecule has 2 aliphatic rings. The molecule has 0 radical (unpaired) electrons. The van der Waals surface area contributed by atoms with Crippen LogP contribution in [0.2, 0.25) is 0 Å². The summed E-state index contributed by atoms with van der Waals surface area (Å²) in [5, 5.41) is 4.69. The molecule has 2 atom stereocenters. The van der Waals surface area contributed by atoms with Gasteiger partial charge in [0.25, 0.3) is 0 Å². The third-order valence-corrected chi connectivity index (χ3v) is 4.26. The second kappa shape index (κ2) is 5.42. The van der Waals surface area contributed by atoms with E-state index in [2.05, 4.69) is 31.4 Å². The normalized spacial score (nSPS) is 29.6. The van der Waals surface area contributed by atoms with Crippen molar-refractivity contribution in [3.8, 4) is 0 Å². The average molecular weight is 281 g/mol. The summed E-state index contributed by atoms with van der Waals surface area (Å²) in [5.74, 6) is -0.520. The number of likely N-dealkylation sites (tertiary alicyclic amines) is 1. The number of amides is 4. The molecule has 4 amide bonds. The minimum atomic E-state index is -0.716. The summed E-state index contributed by atoms with van der Waals surface area (Å²) in [6.45, 7) is 7.19. The van der Waals surface area contributed by atoms with Gasteiger partial charge in [0.1, 0.15) is 6.04 Å². The zero-order chi connectivity index (χ0) is 14.9. The smallest absolute Gasteiger partial charge is 0.322 e. The summed E-state index contributed by atoms with van der Waals surface area (Å²) in [7, 11) is 0. The van der Waals surface area contributed by atoms with Crippen molar-refractivity contribution in [2.75, 3.05) is 6.54 Å². The molecular weight excluding hydrogens is 258 g/mol. The fourth-order valence-corrected chi connectivity index (χ4v) is 3.07. The Morgan fingerprint density at radius 2 is 2.10 bits per heavy atom. The van der Waals surface area contributed by atoms with E-state index in [1.165, 1.54) is 0 Å². The third kappa shape index (κ3) is 3.11. The molecule has 2 saturated heterocycles. The lowest BCUT2D eigenvalue weighted by atomic mass is 9.78. The quantitative estimate of drug-likeness (QED) is 0.793. The molecule has 2 unspecified atom stereocenters. The van der Waals surface area contributed by atoms with Gasteiger partial charge < -0.3 is 10.2 Å². The molecule has 2 heterocycles. The fourth-order valence-electron chi connectivity index (χ4n) is 3.07. The minimum absolute atomic E-state index is 0.0287. The molecule has 0 spiro atoms. The molecule has 2 N–H and O–H groups in total. The van der Waals surface area contributed by atoms with Crippen molar-refractivity contribution in [3.05, 3.63) is 0 Å². The Morgan fingerprint density at radius 3 is 2.70 bits per heavy atom. The number of hydrogen-bond donors (Lipinski definition) is 2. The molecule has 2 aliphatic heterocycles. The van der Waals surface area contributed by atoms with E-state index in [4.69, 9.17) is 0 Å². The van der Waals surface area contributed by atoms with Crippen LogP contribution in [0, 0.1) is 5.41 Å². The number of carbonyl (C=O) groups is 3. The highest BCUT2D eigenvalue weighted by Crippen LogP contribution is 2.35. The number of piperidine rings is 1. The Labute approximate surface area is 119 Å². The maximum Gasteiger partial charge on any atom is 0.322 e. The lowest BCUT2D eigenvalue weighted by molar-refractivity contribution is -0.141. The van der Waals surface area contributed by atoms with E-state index in [0.29, 0.717) is 6.54 Å². The molecule has 0 aliphatic carbocycles. The van der Waals surface area contributed by atoms with Gasteiger partial charge in [-0.2, -0.15) is 0 Å². The van der Waals surface area contributed by atoms with E-state index in [1.807, 2.05) is 4.90 Å². The lowest BCUT2D eigenvalue weighted by Gasteiger charge is -2.44. The monoisotopic (exact) mass is 281 g/mol. The van der Waals surface area contributed by atoms with E-state index < -0.39 is 18.0 Å². The molecule has 112 valence electrons. The van der Waals surface area contributed by atoms with Gasteiger partial charge in [0, 0.05) is 12.6 Å². The standard InChI is InChI=1S/C14H23N3O3/c1-4-9-8-14(2,3)5-6-17(9)12(19)10-7-11(18)16-13(20)15-10/h9-10H,4-8H2,1-3H3,(H2,15,16,18,20). The highest BCUT2D eigenvalue weighted by atomic mass is 16.2. The molecule has 0 aromatic heterocycles. The van der Waals surface area contributed by atoms with Gasteiger partial charge >= 0.3 is 6.03 Å². The van der Waals surface area contributed by atoms with Gasteiger partial charge in [-0.15, -0.1) is 0 Å². The Balaban J connectivity index is 2.08. The Hall–Kier alpha value is -1.59. The van der Waals surface area contributed by atoms with Crippen molar-refractivity contribution in [2.45, 2.75) is 58.5 Å². The van der Waals surface area contributed by atoms with Crippen LogP contribution >= 0.6 is 0 Å². The van der Waals surface area contributed by atoms with Crippen LogP contribution in [0.1, 0.15) is 46.5 Å². The number of nitrogens with zero attached hydrogens (tertiary/aromatic N) is 1. The van der Waals surface area contributed by atoms with E-state index in [0.717, 1.165) is 19.3 Å². The Morgan fingerprint density at radius 1 is 1.40 bits per heavy atom. The summed E-state index contributed by atoms with van der Waals surface area (Å²) >= 11 is 0. The highest BCUT2D eigenvalue weighted by Gasteiger charge is 2.39. The first-order chi connectivity index (χ1) is 9.32. The molecule has 0 aromatic rings. The van der Waals surface area contributed by atoms with Crippen LogP contribution in [-0.2, 0) is 9.59 Å². The van der Waals surface area contributed by atoms with Crippen LogP contribution in [-0.4, -0.2) is 41.4 Å². The predicted octanol–water partition coefficient (Wildman–Crippen LogP) is 1.01. The molecule has 20 heavy (non-hydrogen) atoms. The van der Waals surface area contributed by atoms with E-state index >= 15 is 0 Å². The molecule has 0 saturated carbocycles. The number of hydrogen-bond acceptors (Lipinski definition) is 3. The van der Waals surface area contributed by atoms with Gasteiger partial charge in [-0.25, -0.2) is 4.79 Å². The van der Waals surface area contributed by atoms with Crippen LogP contribution < -0.4 is 10.6 Å². The van der Waals surface area contributed by atoms with Crippen molar-refractivity contribution >= 4 is 17.8 Å². The first-order valence-corrected chi connectivity index (χ1v) is 7.23. The minimum Gasteiger partial charge on any atom is -0.338 e. The summed E-state index contributed by atoms with van der Waals surface area (Å²) in [6, 6.07) is -1.11. The van der Waals surface area contributed by atoms with Gasteiger partial charge in [0.15, 0.2) is 0 Å². The number of rotatable bonds is 2. The molecular formula is C14H23N3O3. The zero-order valence-electron chi connectivity index (χ0n) is 12.4. The topological polar surface area (TPSA) is 78.5 Å². The summed E-state index contributed by atoms with van der Waals surface area (Å²) in [6.07, 6.45) is 2.83. The molecule has 2 rings (SSSR count). The highest BCUT2D eigenvalue weighted by molar-refractivity contribution is 6.02. The van der Waals surface area contributed by atoms with Crippen molar-refractivity contribution in [3.63, 3.8) is 0 Å². The Kier molecular flexibility index (Phi) is 4.01. The number of imide groups is 1. The van der Waals surface area contributed by atoms with Crippen molar-refractivity contribution < 1.29 is 14.4 Å². The van der Waals surface area contributed by atoms with E-state index in [-0.39, 0.29) is 23.8 Å². The molecule has 2 fully saturated rings. The van der Waals surface area contributed by atoms with E-state index in [1.54, 1.807) is 0 Å². The van der Waals surface area contributed by atoms with E-state index in [9.17, 15) is 14.4 Å².